The van der Waals surface area contributed by atoms with Crippen LogP contribution in [0.4, 0.5) is 8.78 Å². The summed E-state index contributed by atoms with van der Waals surface area (Å²) in [5, 5.41) is 0. The van der Waals surface area contributed by atoms with Crippen molar-refractivity contribution in [3.8, 4) is 0 Å². The van der Waals surface area contributed by atoms with Crippen LogP contribution in [-0.2, 0) is 4.79 Å². The monoisotopic (exact) mass is 193 g/mol. The van der Waals surface area contributed by atoms with Gasteiger partial charge in [0.1, 0.15) is 0 Å². The van der Waals surface area contributed by atoms with Crippen molar-refractivity contribution in [1.29, 1.82) is 0 Å². The third kappa shape index (κ3) is 4.20. The van der Waals surface area contributed by atoms with Crippen LogP contribution in [0.3, 0.4) is 0 Å². The molecule has 0 rings (SSSR count). The van der Waals surface area contributed by atoms with Gasteiger partial charge in [-0.3, -0.25) is 4.79 Å². The Hall–Kier alpha value is -0.670. The van der Waals surface area contributed by atoms with Crippen LogP contribution in [0, 0.1) is 5.41 Å². The Morgan fingerprint density at radius 3 is 2.08 bits per heavy atom. The van der Waals surface area contributed by atoms with Gasteiger partial charge in [-0.2, -0.15) is 0 Å². The molecule has 13 heavy (non-hydrogen) atoms. The summed E-state index contributed by atoms with van der Waals surface area (Å²) >= 11 is 0. The third-order valence-electron chi connectivity index (χ3n) is 1.67. The molecule has 0 fully saturated rings. The predicted molar refractivity (Wildman–Crippen MR) is 47.7 cm³/mol. The van der Waals surface area contributed by atoms with Gasteiger partial charge < -0.3 is 4.90 Å². The van der Waals surface area contributed by atoms with E-state index in [9.17, 15) is 13.6 Å². The van der Waals surface area contributed by atoms with E-state index >= 15 is 0 Å². The molecule has 0 saturated heterocycles. The fraction of sp³-hybridized carbons (Fsp3) is 0.889. The second kappa shape index (κ2) is 4.53. The molecule has 0 atom stereocenters. The topological polar surface area (TPSA) is 20.3 Å². The summed E-state index contributed by atoms with van der Waals surface area (Å²) in [7, 11) is 0. The number of halogens is 2. The van der Waals surface area contributed by atoms with Crippen molar-refractivity contribution in [2.45, 2.75) is 34.1 Å². The number of nitrogens with zero attached hydrogens (tertiary/aromatic N) is 1. The maximum absolute atomic E-state index is 12.0. The number of amides is 1. The van der Waals surface area contributed by atoms with Gasteiger partial charge >= 0.3 is 0 Å². The maximum Gasteiger partial charge on any atom is 0.255 e. The van der Waals surface area contributed by atoms with Crippen molar-refractivity contribution in [3.63, 3.8) is 0 Å². The molecule has 0 N–H and O–H groups in total. The second-order valence-corrected chi connectivity index (χ2v) is 3.98. The van der Waals surface area contributed by atoms with Gasteiger partial charge in [-0.05, 0) is 6.92 Å². The minimum atomic E-state index is -2.45. The number of carbonyl (C=O) groups is 1. The highest BCUT2D eigenvalue weighted by molar-refractivity contribution is 5.81. The first-order valence-corrected chi connectivity index (χ1v) is 4.36. The Balaban J connectivity index is 4.33. The number of hydrogen-bond donors (Lipinski definition) is 0. The highest BCUT2D eigenvalue weighted by Gasteiger charge is 2.27. The van der Waals surface area contributed by atoms with E-state index in [-0.39, 0.29) is 5.91 Å². The molecular formula is C9H17F2NO. The molecular weight excluding hydrogens is 176 g/mol. The van der Waals surface area contributed by atoms with Gasteiger partial charge in [0.15, 0.2) is 0 Å². The molecule has 0 saturated carbocycles. The molecule has 0 radical (unpaired) electrons. The number of hydrogen-bond acceptors (Lipinski definition) is 1. The third-order valence-corrected chi connectivity index (χ3v) is 1.67. The van der Waals surface area contributed by atoms with Crippen molar-refractivity contribution < 1.29 is 13.6 Å². The van der Waals surface area contributed by atoms with E-state index in [0.717, 1.165) is 0 Å². The lowest BCUT2D eigenvalue weighted by Gasteiger charge is -2.28. The van der Waals surface area contributed by atoms with E-state index in [0.29, 0.717) is 6.54 Å². The SMILES string of the molecule is CCN(CC(F)F)C(=O)C(C)(C)C. The second-order valence-electron chi connectivity index (χ2n) is 3.98. The number of carbonyl (C=O) groups excluding carboxylic acids is 1. The fourth-order valence-corrected chi connectivity index (χ4v) is 0.997. The minimum absolute atomic E-state index is 0.227. The maximum atomic E-state index is 12.0. The molecule has 0 unspecified atom stereocenters. The van der Waals surface area contributed by atoms with Crippen molar-refractivity contribution in [2.24, 2.45) is 5.41 Å². The van der Waals surface area contributed by atoms with Gasteiger partial charge in [0.25, 0.3) is 6.43 Å². The smallest absolute Gasteiger partial charge is 0.255 e. The molecule has 0 spiro atoms. The Morgan fingerprint density at radius 2 is 1.85 bits per heavy atom. The van der Waals surface area contributed by atoms with Crippen LogP contribution in [0.1, 0.15) is 27.7 Å². The minimum Gasteiger partial charge on any atom is -0.337 e. The highest BCUT2D eigenvalue weighted by atomic mass is 19.3. The molecule has 2 nitrogen and oxygen atoms in total. The van der Waals surface area contributed by atoms with Crippen LogP contribution in [0.2, 0.25) is 0 Å². The average molecular weight is 193 g/mol. The largest absolute Gasteiger partial charge is 0.337 e. The summed E-state index contributed by atoms with van der Waals surface area (Å²) in [6, 6.07) is 0. The van der Waals surface area contributed by atoms with E-state index in [4.69, 9.17) is 0 Å². The van der Waals surface area contributed by atoms with Gasteiger partial charge in [0.2, 0.25) is 5.91 Å². The Morgan fingerprint density at radius 1 is 1.38 bits per heavy atom. The normalized spacial score (nSPS) is 11.9. The molecule has 78 valence electrons. The van der Waals surface area contributed by atoms with Crippen LogP contribution in [0.5, 0.6) is 0 Å². The average Bonchev–Trinajstić information content (AvgIpc) is 1.96. The summed E-state index contributed by atoms with van der Waals surface area (Å²) < 4.78 is 24.1. The van der Waals surface area contributed by atoms with Crippen molar-refractivity contribution >= 4 is 5.91 Å². The summed E-state index contributed by atoms with van der Waals surface area (Å²) in [6.07, 6.45) is -2.45. The first-order chi connectivity index (χ1) is 5.79. The van der Waals surface area contributed by atoms with E-state index in [1.807, 2.05) is 0 Å². The Kier molecular flexibility index (Phi) is 4.30. The van der Waals surface area contributed by atoms with Crippen LogP contribution in [0.15, 0.2) is 0 Å². The highest BCUT2D eigenvalue weighted by Crippen LogP contribution is 2.17. The lowest BCUT2D eigenvalue weighted by atomic mass is 9.95. The molecule has 0 aliphatic carbocycles. The molecule has 1 amide bonds. The van der Waals surface area contributed by atoms with Gasteiger partial charge in [-0.25, -0.2) is 8.78 Å². The van der Waals surface area contributed by atoms with Crippen molar-refractivity contribution in [3.05, 3.63) is 0 Å². The van der Waals surface area contributed by atoms with Crippen LogP contribution < -0.4 is 0 Å². The summed E-state index contributed by atoms with van der Waals surface area (Å²) in [4.78, 5) is 12.7. The van der Waals surface area contributed by atoms with Crippen molar-refractivity contribution in [1.82, 2.24) is 4.90 Å². The van der Waals surface area contributed by atoms with E-state index < -0.39 is 18.4 Å². The first kappa shape index (κ1) is 12.3. The Labute approximate surface area is 77.9 Å². The summed E-state index contributed by atoms with van der Waals surface area (Å²) in [6.45, 7) is 6.75. The molecule has 0 aliphatic rings. The zero-order chi connectivity index (χ0) is 10.6. The molecule has 0 aromatic heterocycles. The molecule has 4 heteroatoms. The van der Waals surface area contributed by atoms with Crippen LogP contribution in [-0.4, -0.2) is 30.3 Å². The molecule has 0 heterocycles. The lowest BCUT2D eigenvalue weighted by Crippen LogP contribution is -2.41. The van der Waals surface area contributed by atoms with Gasteiger partial charge in [-0.1, -0.05) is 20.8 Å². The predicted octanol–water partition coefficient (Wildman–Crippen LogP) is 2.15. The number of rotatable bonds is 3. The molecule has 0 aromatic rings. The molecule has 0 bridgehead atoms. The van der Waals surface area contributed by atoms with E-state index in [1.165, 1.54) is 4.90 Å². The van der Waals surface area contributed by atoms with E-state index in [1.54, 1.807) is 27.7 Å². The van der Waals surface area contributed by atoms with Crippen molar-refractivity contribution in [2.75, 3.05) is 13.1 Å². The molecule has 0 aliphatic heterocycles. The molecule has 0 aromatic carbocycles. The lowest BCUT2D eigenvalue weighted by molar-refractivity contribution is -0.141. The standard InChI is InChI=1S/C9H17F2NO/c1-5-12(6-7(10)11)8(13)9(2,3)4/h7H,5-6H2,1-4H3. The Bertz CT molecular complexity index is 175. The zero-order valence-electron chi connectivity index (χ0n) is 8.60. The quantitative estimate of drug-likeness (QED) is 0.672. The summed E-state index contributed by atoms with van der Waals surface area (Å²) in [5.74, 6) is -0.227. The van der Waals surface area contributed by atoms with Gasteiger partial charge in [-0.15, -0.1) is 0 Å². The van der Waals surface area contributed by atoms with E-state index in [2.05, 4.69) is 0 Å². The van der Waals surface area contributed by atoms with Gasteiger partial charge in [0.05, 0.1) is 6.54 Å². The zero-order valence-corrected chi connectivity index (χ0v) is 8.60. The van der Waals surface area contributed by atoms with Gasteiger partial charge in [0, 0.05) is 12.0 Å². The number of alkyl halides is 2. The summed E-state index contributed by atoms with van der Waals surface area (Å²) in [5.41, 5.74) is -0.578. The fourth-order valence-electron chi connectivity index (χ4n) is 0.997. The van der Waals surface area contributed by atoms with Crippen LogP contribution >= 0.6 is 0 Å². The van der Waals surface area contributed by atoms with Crippen LogP contribution in [0.25, 0.3) is 0 Å². The first-order valence-electron chi connectivity index (χ1n) is 4.36.